The molecule has 0 bridgehead atoms. The molecule has 1 unspecified atom stereocenters. The van der Waals surface area contributed by atoms with E-state index in [4.69, 9.17) is 0 Å². The van der Waals surface area contributed by atoms with Gasteiger partial charge in [-0.25, -0.2) is 0 Å². The lowest BCUT2D eigenvalue weighted by molar-refractivity contribution is 0.841. The summed E-state index contributed by atoms with van der Waals surface area (Å²) in [5, 5.41) is 3.43. The van der Waals surface area contributed by atoms with E-state index in [-0.39, 0.29) is 0 Å². The molecule has 1 heteroatoms. The number of rotatable bonds is 6. The first-order chi connectivity index (χ1) is 25.7. The van der Waals surface area contributed by atoms with Crippen molar-refractivity contribution in [1.29, 1.82) is 0 Å². The summed E-state index contributed by atoms with van der Waals surface area (Å²) in [6.07, 6.45) is 4.21. The SMILES string of the molecule is CC.CC1=C(c2ccccc2C)C2(c3ccccc31)c1ccccc1-c1ccc(-c3ccccc3-c3ccccc3/C=C/Nc3ccccc3)cc12. The molecule has 0 aliphatic heterocycles. The molecule has 0 fully saturated rings. The van der Waals surface area contributed by atoms with Crippen LogP contribution in [0.15, 0.2) is 176 Å². The molecule has 1 spiro atoms. The van der Waals surface area contributed by atoms with Crippen LogP contribution in [0.3, 0.4) is 0 Å². The summed E-state index contributed by atoms with van der Waals surface area (Å²) in [5.41, 5.74) is 20.1. The maximum Gasteiger partial charge on any atom is 0.0728 e. The van der Waals surface area contributed by atoms with Gasteiger partial charge in [0.25, 0.3) is 0 Å². The molecular weight excluding hydrogens is 627 g/mol. The Hall–Kier alpha value is -6.18. The minimum atomic E-state index is -0.423. The Balaban J connectivity index is 0.00000190. The predicted molar refractivity (Wildman–Crippen MR) is 223 cm³/mol. The fraction of sp³-hybridized carbons (Fsp3) is 0.0980. The van der Waals surface area contributed by atoms with Crippen LogP contribution in [0.4, 0.5) is 5.69 Å². The zero-order chi connectivity index (χ0) is 35.7. The fourth-order valence-electron chi connectivity index (χ4n) is 8.57. The van der Waals surface area contributed by atoms with Gasteiger partial charge < -0.3 is 5.32 Å². The average molecular weight is 670 g/mol. The van der Waals surface area contributed by atoms with E-state index in [2.05, 4.69) is 177 Å². The number of benzene rings is 7. The van der Waals surface area contributed by atoms with Gasteiger partial charge >= 0.3 is 0 Å². The second kappa shape index (κ2) is 13.9. The van der Waals surface area contributed by atoms with Gasteiger partial charge in [0, 0.05) is 11.9 Å². The third kappa shape index (κ3) is 5.24. The van der Waals surface area contributed by atoms with Crippen molar-refractivity contribution in [3.05, 3.63) is 215 Å². The van der Waals surface area contributed by atoms with E-state index in [9.17, 15) is 0 Å². The molecule has 0 aromatic heterocycles. The Kier molecular flexibility index (Phi) is 8.79. The highest BCUT2D eigenvalue weighted by Crippen LogP contribution is 2.65. The highest BCUT2D eigenvalue weighted by molar-refractivity contribution is 6.10. The van der Waals surface area contributed by atoms with Crippen LogP contribution in [0.2, 0.25) is 0 Å². The summed E-state index contributed by atoms with van der Waals surface area (Å²) in [4.78, 5) is 0. The van der Waals surface area contributed by atoms with Crippen LogP contribution in [-0.4, -0.2) is 0 Å². The molecule has 7 aromatic rings. The van der Waals surface area contributed by atoms with Gasteiger partial charge in [-0.15, -0.1) is 0 Å². The van der Waals surface area contributed by atoms with E-state index in [1.165, 1.54) is 83.5 Å². The van der Waals surface area contributed by atoms with Crippen molar-refractivity contribution in [1.82, 2.24) is 0 Å². The van der Waals surface area contributed by atoms with Crippen LogP contribution in [0.1, 0.15) is 59.7 Å². The highest BCUT2D eigenvalue weighted by Gasteiger charge is 2.52. The fourth-order valence-corrected chi connectivity index (χ4v) is 8.57. The van der Waals surface area contributed by atoms with Gasteiger partial charge in [0.2, 0.25) is 0 Å². The smallest absolute Gasteiger partial charge is 0.0728 e. The minimum Gasteiger partial charge on any atom is -0.362 e. The number of hydrogen-bond donors (Lipinski definition) is 1. The summed E-state index contributed by atoms with van der Waals surface area (Å²) >= 11 is 0. The lowest BCUT2D eigenvalue weighted by Crippen LogP contribution is -2.27. The normalized spacial score (nSPS) is 15.2. The summed E-state index contributed by atoms with van der Waals surface area (Å²) < 4.78 is 0. The number of anilines is 1. The second-order valence-corrected chi connectivity index (χ2v) is 13.4. The maximum absolute atomic E-state index is 3.43. The molecule has 2 aliphatic carbocycles. The number of aryl methyl sites for hydroxylation is 1. The molecule has 0 radical (unpaired) electrons. The third-order valence-corrected chi connectivity index (χ3v) is 10.7. The van der Waals surface area contributed by atoms with Crippen LogP contribution >= 0.6 is 0 Å². The third-order valence-electron chi connectivity index (χ3n) is 10.7. The van der Waals surface area contributed by atoms with E-state index in [0.717, 1.165) is 5.69 Å². The second-order valence-electron chi connectivity index (χ2n) is 13.4. The van der Waals surface area contributed by atoms with Gasteiger partial charge in [0.05, 0.1) is 5.41 Å². The number of allylic oxidation sites excluding steroid dienone is 2. The van der Waals surface area contributed by atoms with E-state index < -0.39 is 5.41 Å². The van der Waals surface area contributed by atoms with Crippen molar-refractivity contribution in [2.24, 2.45) is 0 Å². The van der Waals surface area contributed by atoms with Crippen molar-refractivity contribution >= 4 is 22.9 Å². The summed E-state index contributed by atoms with van der Waals surface area (Å²) in [7, 11) is 0. The van der Waals surface area contributed by atoms with E-state index in [1.807, 2.05) is 38.2 Å². The molecule has 9 rings (SSSR count). The molecule has 0 amide bonds. The van der Waals surface area contributed by atoms with Crippen LogP contribution in [0.5, 0.6) is 0 Å². The van der Waals surface area contributed by atoms with Gasteiger partial charge in [0.15, 0.2) is 0 Å². The quantitative estimate of drug-likeness (QED) is 0.186. The molecule has 0 saturated carbocycles. The van der Waals surface area contributed by atoms with Gasteiger partial charge in [-0.3, -0.25) is 0 Å². The van der Waals surface area contributed by atoms with Crippen LogP contribution in [-0.2, 0) is 5.41 Å². The largest absolute Gasteiger partial charge is 0.362 e. The summed E-state index contributed by atoms with van der Waals surface area (Å²) in [6.45, 7) is 8.58. The first-order valence-corrected chi connectivity index (χ1v) is 18.4. The van der Waals surface area contributed by atoms with Crippen LogP contribution in [0, 0.1) is 6.92 Å². The van der Waals surface area contributed by atoms with E-state index in [0.29, 0.717) is 0 Å². The Morgan fingerprint density at radius 1 is 0.442 bits per heavy atom. The zero-order valence-corrected chi connectivity index (χ0v) is 30.3. The molecule has 7 aromatic carbocycles. The zero-order valence-electron chi connectivity index (χ0n) is 30.3. The van der Waals surface area contributed by atoms with Crippen molar-refractivity contribution in [3.63, 3.8) is 0 Å². The lowest BCUT2D eigenvalue weighted by Gasteiger charge is -2.34. The van der Waals surface area contributed by atoms with E-state index in [1.54, 1.807) is 0 Å². The molecule has 1 nitrogen and oxygen atoms in total. The van der Waals surface area contributed by atoms with Gasteiger partial charge in [-0.2, -0.15) is 0 Å². The Morgan fingerprint density at radius 3 is 1.71 bits per heavy atom. The van der Waals surface area contributed by atoms with Gasteiger partial charge in [-0.1, -0.05) is 166 Å². The van der Waals surface area contributed by atoms with Crippen LogP contribution < -0.4 is 5.32 Å². The number of hydrogen-bond acceptors (Lipinski definition) is 1. The summed E-state index contributed by atoms with van der Waals surface area (Å²) in [5.74, 6) is 0. The lowest BCUT2D eigenvalue weighted by atomic mass is 9.67. The Labute approximate surface area is 308 Å². The monoisotopic (exact) mass is 669 g/mol. The molecule has 1 N–H and O–H groups in total. The van der Waals surface area contributed by atoms with Crippen molar-refractivity contribution in [3.8, 4) is 33.4 Å². The first-order valence-electron chi connectivity index (χ1n) is 18.4. The first kappa shape index (κ1) is 33.0. The molecular formula is C51H43N. The Morgan fingerprint density at radius 2 is 0.981 bits per heavy atom. The summed E-state index contributed by atoms with van der Waals surface area (Å²) in [6, 6.07) is 62.1. The Bertz CT molecular complexity index is 2480. The number of nitrogens with one attached hydrogen (secondary N) is 1. The van der Waals surface area contributed by atoms with Crippen molar-refractivity contribution < 1.29 is 0 Å². The molecule has 0 saturated heterocycles. The molecule has 2 aliphatic rings. The molecule has 52 heavy (non-hydrogen) atoms. The molecule has 252 valence electrons. The average Bonchev–Trinajstić information content (AvgIpc) is 3.64. The van der Waals surface area contributed by atoms with Crippen molar-refractivity contribution in [2.45, 2.75) is 33.1 Å². The minimum absolute atomic E-state index is 0.423. The van der Waals surface area contributed by atoms with Crippen molar-refractivity contribution in [2.75, 3.05) is 5.32 Å². The molecule has 1 atom stereocenters. The number of fused-ring (bicyclic) bond motifs is 7. The van der Waals surface area contributed by atoms with Crippen LogP contribution in [0.25, 0.3) is 50.6 Å². The predicted octanol–water partition coefficient (Wildman–Crippen LogP) is 13.7. The van der Waals surface area contributed by atoms with Gasteiger partial charge in [0.1, 0.15) is 0 Å². The standard InChI is InChI=1S/C49H37N.C2H6/c1-33-16-6-8-20-38(33)48-34(2)39-21-12-14-26-45(39)49(48)46-27-15-13-25-43(46)44-29-28-36(32-47(44)49)41-23-10-11-24-42(41)40-22-9-7-17-35(40)30-31-50-37-18-4-3-5-19-37;1-2/h3-32,50H,1-2H3;1-2H3/b31-30+;. The van der Waals surface area contributed by atoms with Gasteiger partial charge in [-0.05, 0) is 122 Å². The topological polar surface area (TPSA) is 12.0 Å². The number of para-hydroxylation sites is 1. The van der Waals surface area contributed by atoms with E-state index >= 15 is 0 Å². The molecule has 0 heterocycles. The highest BCUT2D eigenvalue weighted by atomic mass is 14.8. The maximum atomic E-state index is 3.43.